The SMILES string of the molecule is O=C(O)c1c(O)c(=O)ccn1NC1c2cc(F)c(F)cc2CSc2ccccc21. The Morgan fingerprint density at radius 1 is 1.14 bits per heavy atom. The average molecular weight is 416 g/mol. The highest BCUT2D eigenvalue weighted by molar-refractivity contribution is 7.98. The summed E-state index contributed by atoms with van der Waals surface area (Å²) in [5.41, 5.74) is 3.13. The first-order valence-corrected chi connectivity index (χ1v) is 9.49. The van der Waals surface area contributed by atoms with Gasteiger partial charge in [-0.15, -0.1) is 11.8 Å². The van der Waals surface area contributed by atoms with Gasteiger partial charge in [0.25, 0.3) is 0 Å². The molecule has 1 aromatic heterocycles. The lowest BCUT2D eigenvalue weighted by Crippen LogP contribution is -2.28. The topological polar surface area (TPSA) is 91.6 Å². The third kappa shape index (κ3) is 3.33. The first kappa shape index (κ1) is 19.0. The lowest BCUT2D eigenvalue weighted by molar-refractivity contribution is 0.0681. The summed E-state index contributed by atoms with van der Waals surface area (Å²) in [4.78, 5) is 24.1. The zero-order valence-electron chi connectivity index (χ0n) is 14.7. The molecule has 1 aliphatic heterocycles. The van der Waals surface area contributed by atoms with Crippen LogP contribution in [0.5, 0.6) is 5.75 Å². The zero-order valence-corrected chi connectivity index (χ0v) is 15.5. The Labute approximate surface area is 167 Å². The Balaban J connectivity index is 1.92. The molecule has 0 spiro atoms. The maximum Gasteiger partial charge on any atom is 0.358 e. The number of carbonyl (C=O) groups is 1. The normalized spacial score (nSPS) is 15.2. The molecule has 0 bridgehead atoms. The summed E-state index contributed by atoms with van der Waals surface area (Å²) < 4.78 is 28.9. The Bertz CT molecular complexity index is 1200. The second kappa shape index (κ2) is 7.25. The lowest BCUT2D eigenvalue weighted by Gasteiger charge is -2.25. The van der Waals surface area contributed by atoms with E-state index in [-0.39, 0.29) is 0 Å². The minimum Gasteiger partial charge on any atom is -0.502 e. The van der Waals surface area contributed by atoms with E-state index in [0.717, 1.165) is 33.3 Å². The molecular formula is C20H14F2N2O4S. The van der Waals surface area contributed by atoms with Crippen molar-refractivity contribution in [3.05, 3.63) is 92.9 Å². The van der Waals surface area contributed by atoms with Gasteiger partial charge in [0.1, 0.15) is 0 Å². The lowest BCUT2D eigenvalue weighted by atomic mass is 9.95. The molecule has 6 nitrogen and oxygen atoms in total. The van der Waals surface area contributed by atoms with Gasteiger partial charge in [-0.2, -0.15) is 0 Å². The number of carboxylic acid groups (broad SMARTS) is 1. The van der Waals surface area contributed by atoms with Crippen LogP contribution in [0.15, 0.2) is 58.4 Å². The number of aromatic nitrogens is 1. The minimum atomic E-state index is -1.52. The summed E-state index contributed by atoms with van der Waals surface area (Å²) in [7, 11) is 0. The fourth-order valence-corrected chi connectivity index (χ4v) is 4.38. The minimum absolute atomic E-state index is 0.392. The van der Waals surface area contributed by atoms with Gasteiger partial charge in [0.15, 0.2) is 23.1 Å². The first-order valence-electron chi connectivity index (χ1n) is 8.51. The summed E-state index contributed by atoms with van der Waals surface area (Å²) in [6, 6.07) is 9.71. The Morgan fingerprint density at radius 3 is 2.62 bits per heavy atom. The summed E-state index contributed by atoms with van der Waals surface area (Å²) in [5, 5.41) is 19.4. The van der Waals surface area contributed by atoms with Crippen LogP contribution in [0.4, 0.5) is 8.78 Å². The Hall–Kier alpha value is -3.33. The smallest absolute Gasteiger partial charge is 0.358 e. The second-order valence-electron chi connectivity index (χ2n) is 6.41. The van der Waals surface area contributed by atoms with Crippen LogP contribution in [-0.4, -0.2) is 20.9 Å². The van der Waals surface area contributed by atoms with E-state index < -0.39 is 40.5 Å². The molecule has 3 aromatic rings. The molecule has 0 saturated carbocycles. The van der Waals surface area contributed by atoms with Gasteiger partial charge in [-0.05, 0) is 34.9 Å². The van der Waals surface area contributed by atoms with Crippen LogP contribution in [-0.2, 0) is 5.75 Å². The van der Waals surface area contributed by atoms with E-state index in [1.807, 2.05) is 12.1 Å². The van der Waals surface area contributed by atoms with E-state index >= 15 is 0 Å². The van der Waals surface area contributed by atoms with Crippen LogP contribution in [0.3, 0.4) is 0 Å². The molecule has 0 aliphatic carbocycles. The molecule has 3 N–H and O–H groups in total. The molecule has 1 atom stereocenters. The van der Waals surface area contributed by atoms with Crippen molar-refractivity contribution < 1.29 is 23.8 Å². The van der Waals surface area contributed by atoms with Gasteiger partial charge >= 0.3 is 5.97 Å². The number of halogens is 2. The Kier molecular flexibility index (Phi) is 4.75. The molecule has 148 valence electrons. The van der Waals surface area contributed by atoms with Crippen molar-refractivity contribution in [2.45, 2.75) is 16.7 Å². The van der Waals surface area contributed by atoms with Crippen LogP contribution in [0, 0.1) is 11.6 Å². The molecular weight excluding hydrogens is 402 g/mol. The van der Waals surface area contributed by atoms with Gasteiger partial charge < -0.3 is 15.6 Å². The van der Waals surface area contributed by atoms with Crippen molar-refractivity contribution in [3.63, 3.8) is 0 Å². The third-order valence-corrected chi connectivity index (χ3v) is 5.79. The largest absolute Gasteiger partial charge is 0.502 e. The van der Waals surface area contributed by atoms with Crippen LogP contribution in [0.1, 0.15) is 33.2 Å². The van der Waals surface area contributed by atoms with E-state index in [0.29, 0.717) is 16.9 Å². The molecule has 0 amide bonds. The third-order valence-electron chi connectivity index (χ3n) is 4.65. The van der Waals surface area contributed by atoms with Crippen molar-refractivity contribution in [1.82, 2.24) is 4.68 Å². The number of fused-ring (bicyclic) bond motifs is 2. The van der Waals surface area contributed by atoms with Gasteiger partial charge in [0.2, 0.25) is 5.43 Å². The number of benzene rings is 2. The van der Waals surface area contributed by atoms with Gasteiger partial charge in [-0.3, -0.25) is 9.47 Å². The average Bonchev–Trinajstić information content (AvgIpc) is 2.83. The van der Waals surface area contributed by atoms with E-state index in [4.69, 9.17) is 0 Å². The number of hydrogen-bond acceptors (Lipinski definition) is 5. The number of pyridine rings is 1. The summed E-state index contributed by atoms with van der Waals surface area (Å²) in [6.07, 6.45) is 1.17. The molecule has 0 fully saturated rings. The highest BCUT2D eigenvalue weighted by atomic mass is 32.2. The van der Waals surface area contributed by atoms with Crippen LogP contribution in [0.25, 0.3) is 0 Å². The standard InChI is InChI=1S/C20H14F2N2O4S/c21-13-7-10-9-29-16-4-2-1-3-11(16)17(12(10)8-14(13)22)23-24-6-5-15(25)19(26)18(24)20(27)28/h1-8,17,23,26H,9H2,(H,27,28). The van der Waals surface area contributed by atoms with Crippen LogP contribution >= 0.6 is 11.8 Å². The molecule has 2 aromatic carbocycles. The fourth-order valence-electron chi connectivity index (χ4n) is 3.29. The summed E-state index contributed by atoms with van der Waals surface area (Å²) >= 11 is 1.44. The molecule has 29 heavy (non-hydrogen) atoms. The molecule has 0 radical (unpaired) electrons. The Morgan fingerprint density at radius 2 is 1.86 bits per heavy atom. The van der Waals surface area contributed by atoms with Crippen LogP contribution < -0.4 is 10.9 Å². The molecule has 1 unspecified atom stereocenters. The number of aromatic hydroxyl groups is 1. The van der Waals surface area contributed by atoms with E-state index in [9.17, 15) is 28.6 Å². The number of rotatable bonds is 3. The van der Waals surface area contributed by atoms with E-state index in [1.165, 1.54) is 18.0 Å². The van der Waals surface area contributed by atoms with E-state index in [2.05, 4.69) is 5.43 Å². The maximum atomic E-state index is 14.1. The number of thioether (sulfide) groups is 1. The van der Waals surface area contributed by atoms with Crippen molar-refractivity contribution in [2.24, 2.45) is 0 Å². The maximum absolute atomic E-state index is 14.1. The van der Waals surface area contributed by atoms with Crippen molar-refractivity contribution in [2.75, 3.05) is 5.43 Å². The fraction of sp³-hybridized carbons (Fsp3) is 0.100. The number of nitrogens with zero attached hydrogens (tertiary/aromatic N) is 1. The van der Waals surface area contributed by atoms with Crippen molar-refractivity contribution in [1.29, 1.82) is 0 Å². The van der Waals surface area contributed by atoms with Crippen molar-refractivity contribution in [3.8, 4) is 5.75 Å². The highest BCUT2D eigenvalue weighted by Gasteiger charge is 2.27. The second-order valence-corrected chi connectivity index (χ2v) is 7.42. The molecule has 4 rings (SSSR count). The van der Waals surface area contributed by atoms with Gasteiger partial charge in [0.05, 0.1) is 6.04 Å². The first-order chi connectivity index (χ1) is 13.9. The molecule has 0 saturated heterocycles. The highest BCUT2D eigenvalue weighted by Crippen LogP contribution is 2.40. The predicted octanol–water partition coefficient (Wildman–Crippen LogP) is 3.47. The quantitative estimate of drug-likeness (QED) is 0.606. The number of aromatic carboxylic acids is 1. The molecule has 1 aliphatic rings. The van der Waals surface area contributed by atoms with Crippen LogP contribution in [0.2, 0.25) is 0 Å². The number of nitrogens with one attached hydrogen (secondary N) is 1. The van der Waals surface area contributed by atoms with Gasteiger partial charge in [0, 0.05) is 22.9 Å². The number of hydrogen-bond donors (Lipinski definition) is 3. The summed E-state index contributed by atoms with van der Waals surface area (Å²) in [5.74, 6) is -4.05. The van der Waals surface area contributed by atoms with Crippen molar-refractivity contribution >= 4 is 17.7 Å². The van der Waals surface area contributed by atoms with Gasteiger partial charge in [-0.1, -0.05) is 18.2 Å². The summed E-state index contributed by atoms with van der Waals surface area (Å²) in [6.45, 7) is 0. The monoisotopic (exact) mass is 416 g/mol. The zero-order chi connectivity index (χ0) is 20.7. The number of carboxylic acids is 1. The predicted molar refractivity (Wildman–Crippen MR) is 103 cm³/mol. The van der Waals surface area contributed by atoms with Gasteiger partial charge in [-0.25, -0.2) is 13.6 Å². The van der Waals surface area contributed by atoms with E-state index in [1.54, 1.807) is 12.1 Å². The molecule has 2 heterocycles. The molecule has 9 heteroatoms.